The quantitative estimate of drug-likeness (QED) is 0.863. The molecule has 0 bridgehead atoms. The van der Waals surface area contributed by atoms with Crippen LogP contribution in [0.1, 0.15) is 44.6 Å². The molecule has 1 saturated carbocycles. The summed E-state index contributed by atoms with van der Waals surface area (Å²) in [5.74, 6) is 1.69. The second kappa shape index (κ2) is 7.16. The lowest BCUT2D eigenvalue weighted by molar-refractivity contribution is 0.0893. The van der Waals surface area contributed by atoms with E-state index in [9.17, 15) is 0 Å². The van der Waals surface area contributed by atoms with Gasteiger partial charge in [0.1, 0.15) is 11.9 Å². The number of hydrogen-bond acceptors (Lipinski definition) is 2. The van der Waals surface area contributed by atoms with Crippen molar-refractivity contribution in [2.24, 2.45) is 5.92 Å². The second-order valence-corrected chi connectivity index (χ2v) is 5.83. The predicted molar refractivity (Wildman–Crippen MR) is 80.9 cm³/mol. The summed E-state index contributed by atoms with van der Waals surface area (Å²) in [6.45, 7) is 3.06. The fourth-order valence-corrected chi connectivity index (χ4v) is 3.15. The zero-order valence-corrected chi connectivity index (χ0v) is 12.7. The Morgan fingerprint density at radius 2 is 2.11 bits per heavy atom. The maximum Gasteiger partial charge on any atom is 0.124 e. The van der Waals surface area contributed by atoms with Gasteiger partial charge in [-0.25, -0.2) is 0 Å². The first-order chi connectivity index (χ1) is 9.24. The summed E-state index contributed by atoms with van der Waals surface area (Å²) < 4.78 is 6.30. The van der Waals surface area contributed by atoms with Gasteiger partial charge in [-0.1, -0.05) is 24.9 Å². The molecule has 3 heteroatoms. The highest BCUT2D eigenvalue weighted by Gasteiger charge is 2.25. The van der Waals surface area contributed by atoms with Gasteiger partial charge in [0.2, 0.25) is 0 Å². The fraction of sp³-hybridized carbons (Fsp3) is 0.625. The molecule has 2 atom stereocenters. The van der Waals surface area contributed by atoms with Crippen LogP contribution in [0.15, 0.2) is 18.2 Å². The summed E-state index contributed by atoms with van der Waals surface area (Å²) in [7, 11) is 1.94. The third-order valence-electron chi connectivity index (χ3n) is 4.03. The summed E-state index contributed by atoms with van der Waals surface area (Å²) in [6, 6.07) is 5.92. The molecular formula is C16H24ClNO. The Morgan fingerprint density at radius 3 is 2.84 bits per heavy atom. The number of nitrogens with one attached hydrogen (secondary N) is 1. The first-order valence-electron chi connectivity index (χ1n) is 7.34. The summed E-state index contributed by atoms with van der Waals surface area (Å²) >= 11 is 6.07. The standard InChI is InChI=1S/C16H24ClNO/c1-3-12-6-4-5-7-15(12)19-16-9-8-14(17)10-13(16)11-18-2/h8-10,12,15,18H,3-7,11H2,1-2H3. The molecule has 1 aliphatic rings. The van der Waals surface area contributed by atoms with Crippen molar-refractivity contribution in [2.45, 2.75) is 51.7 Å². The zero-order valence-electron chi connectivity index (χ0n) is 11.9. The van der Waals surface area contributed by atoms with Gasteiger partial charge in [0, 0.05) is 17.1 Å². The molecule has 2 rings (SSSR count). The Labute approximate surface area is 121 Å². The molecule has 1 aliphatic carbocycles. The minimum Gasteiger partial charge on any atom is -0.490 e. The first-order valence-corrected chi connectivity index (χ1v) is 7.72. The van der Waals surface area contributed by atoms with Crippen LogP contribution in [0.3, 0.4) is 0 Å². The van der Waals surface area contributed by atoms with Crippen molar-refractivity contribution >= 4 is 11.6 Å². The van der Waals surface area contributed by atoms with E-state index in [1.807, 2.05) is 25.2 Å². The second-order valence-electron chi connectivity index (χ2n) is 5.39. The molecule has 1 aromatic carbocycles. The molecule has 19 heavy (non-hydrogen) atoms. The number of rotatable bonds is 5. The third kappa shape index (κ3) is 3.87. The fourth-order valence-electron chi connectivity index (χ4n) is 2.95. The maximum absolute atomic E-state index is 6.30. The van der Waals surface area contributed by atoms with E-state index in [0.717, 1.165) is 22.9 Å². The first kappa shape index (κ1) is 14.7. The van der Waals surface area contributed by atoms with Crippen LogP contribution in [0, 0.1) is 5.92 Å². The van der Waals surface area contributed by atoms with Crippen molar-refractivity contribution in [2.75, 3.05) is 7.05 Å². The minimum atomic E-state index is 0.371. The van der Waals surface area contributed by atoms with Crippen LogP contribution >= 0.6 is 11.6 Å². The summed E-state index contributed by atoms with van der Waals surface area (Å²) in [6.07, 6.45) is 6.70. The van der Waals surface area contributed by atoms with E-state index in [1.54, 1.807) is 0 Å². The SMILES string of the molecule is CCC1CCCCC1Oc1ccc(Cl)cc1CNC. The van der Waals surface area contributed by atoms with Crippen molar-refractivity contribution in [1.29, 1.82) is 0 Å². The monoisotopic (exact) mass is 281 g/mol. The van der Waals surface area contributed by atoms with Crippen molar-refractivity contribution in [3.8, 4) is 5.75 Å². The van der Waals surface area contributed by atoms with Gasteiger partial charge in [0.15, 0.2) is 0 Å². The van der Waals surface area contributed by atoms with Crippen molar-refractivity contribution < 1.29 is 4.74 Å². The molecular weight excluding hydrogens is 258 g/mol. The van der Waals surface area contributed by atoms with Crippen LogP contribution in [0.5, 0.6) is 5.75 Å². The average Bonchev–Trinajstić information content (AvgIpc) is 2.43. The lowest BCUT2D eigenvalue weighted by Gasteiger charge is -2.32. The Morgan fingerprint density at radius 1 is 1.32 bits per heavy atom. The average molecular weight is 282 g/mol. The molecule has 106 valence electrons. The molecule has 0 amide bonds. The van der Waals surface area contributed by atoms with Gasteiger partial charge >= 0.3 is 0 Å². The molecule has 1 N–H and O–H groups in total. The van der Waals surface area contributed by atoms with Crippen molar-refractivity contribution in [3.63, 3.8) is 0 Å². The van der Waals surface area contributed by atoms with Gasteiger partial charge in [-0.15, -0.1) is 0 Å². The minimum absolute atomic E-state index is 0.371. The van der Waals surface area contributed by atoms with Crippen LogP contribution in [0.25, 0.3) is 0 Å². The molecule has 1 aromatic rings. The molecule has 0 aromatic heterocycles. The Kier molecular flexibility index (Phi) is 5.53. The van der Waals surface area contributed by atoms with E-state index >= 15 is 0 Å². The van der Waals surface area contributed by atoms with Crippen LogP contribution in [0.2, 0.25) is 5.02 Å². The van der Waals surface area contributed by atoms with Gasteiger partial charge in [-0.3, -0.25) is 0 Å². The van der Waals surface area contributed by atoms with Crippen LogP contribution in [0.4, 0.5) is 0 Å². The normalized spacial score (nSPS) is 23.3. The summed E-state index contributed by atoms with van der Waals surface area (Å²) in [5, 5.41) is 3.95. The lowest BCUT2D eigenvalue weighted by Crippen LogP contribution is -2.30. The Hall–Kier alpha value is -0.730. The van der Waals surface area contributed by atoms with E-state index in [-0.39, 0.29) is 0 Å². The molecule has 0 radical (unpaired) electrons. The zero-order chi connectivity index (χ0) is 13.7. The molecule has 0 heterocycles. The van der Waals surface area contributed by atoms with E-state index in [0.29, 0.717) is 12.0 Å². The Bertz CT molecular complexity index is 408. The van der Waals surface area contributed by atoms with E-state index in [2.05, 4.69) is 12.2 Å². The van der Waals surface area contributed by atoms with Gasteiger partial charge in [0.05, 0.1) is 0 Å². The number of benzene rings is 1. The number of halogens is 1. The van der Waals surface area contributed by atoms with Crippen LogP contribution in [-0.2, 0) is 6.54 Å². The molecule has 1 fully saturated rings. The summed E-state index contributed by atoms with van der Waals surface area (Å²) in [4.78, 5) is 0. The highest BCUT2D eigenvalue weighted by molar-refractivity contribution is 6.30. The lowest BCUT2D eigenvalue weighted by atomic mass is 9.84. The molecule has 0 aliphatic heterocycles. The molecule has 2 unspecified atom stereocenters. The third-order valence-corrected chi connectivity index (χ3v) is 4.27. The van der Waals surface area contributed by atoms with Crippen molar-refractivity contribution in [3.05, 3.63) is 28.8 Å². The predicted octanol–water partition coefficient (Wildman–Crippen LogP) is 4.41. The van der Waals surface area contributed by atoms with Crippen LogP contribution < -0.4 is 10.1 Å². The molecule has 0 spiro atoms. The van der Waals surface area contributed by atoms with E-state index in [4.69, 9.17) is 16.3 Å². The van der Waals surface area contributed by atoms with Crippen molar-refractivity contribution in [1.82, 2.24) is 5.32 Å². The van der Waals surface area contributed by atoms with Gasteiger partial charge in [-0.2, -0.15) is 0 Å². The van der Waals surface area contributed by atoms with Gasteiger partial charge in [-0.05, 0) is 56.8 Å². The number of ether oxygens (including phenoxy) is 1. The van der Waals surface area contributed by atoms with Crippen LogP contribution in [-0.4, -0.2) is 13.2 Å². The van der Waals surface area contributed by atoms with E-state index in [1.165, 1.54) is 32.1 Å². The molecule has 0 saturated heterocycles. The highest BCUT2D eigenvalue weighted by Crippen LogP contribution is 2.32. The maximum atomic E-state index is 6.30. The smallest absolute Gasteiger partial charge is 0.124 e. The Balaban J connectivity index is 2.12. The number of hydrogen-bond donors (Lipinski definition) is 1. The topological polar surface area (TPSA) is 21.3 Å². The summed E-state index contributed by atoms with van der Waals surface area (Å²) in [5.41, 5.74) is 1.15. The van der Waals surface area contributed by atoms with Gasteiger partial charge in [0.25, 0.3) is 0 Å². The van der Waals surface area contributed by atoms with E-state index < -0.39 is 0 Å². The highest BCUT2D eigenvalue weighted by atomic mass is 35.5. The largest absolute Gasteiger partial charge is 0.490 e. The van der Waals surface area contributed by atoms with Gasteiger partial charge < -0.3 is 10.1 Å². The molecule has 2 nitrogen and oxygen atoms in total.